The van der Waals surface area contributed by atoms with Crippen molar-refractivity contribution in [1.82, 2.24) is 9.97 Å². The minimum Gasteiger partial charge on any atom is -0.462 e. The molecule has 2 aromatic rings. The number of thioether (sulfide) groups is 1. The molecule has 0 aliphatic rings. The number of carbonyl (C=O) groups excluding carboxylic acids is 2. The van der Waals surface area contributed by atoms with E-state index in [1.165, 1.54) is 0 Å². The Bertz CT molecular complexity index is 892. The number of hydrogen-bond acceptors (Lipinski definition) is 6. The van der Waals surface area contributed by atoms with Crippen molar-refractivity contribution in [3.8, 4) is 0 Å². The number of nitrogens with one attached hydrogen (secondary N) is 2. The van der Waals surface area contributed by atoms with Crippen molar-refractivity contribution in [2.75, 3.05) is 17.7 Å². The van der Waals surface area contributed by atoms with E-state index >= 15 is 0 Å². The SMILES string of the molecule is CCOC(=O)c1c(SCC(=O)Nc2cc(C)ccc2C)nc(=O)[nH]c1C. The lowest BCUT2D eigenvalue weighted by atomic mass is 10.1. The Morgan fingerprint density at radius 3 is 2.69 bits per heavy atom. The Kier molecular flexibility index (Phi) is 6.57. The summed E-state index contributed by atoms with van der Waals surface area (Å²) in [4.78, 5) is 42.3. The van der Waals surface area contributed by atoms with Crippen LogP contribution < -0.4 is 11.0 Å². The first kappa shape index (κ1) is 19.7. The van der Waals surface area contributed by atoms with Gasteiger partial charge in [-0.3, -0.25) is 4.79 Å². The largest absolute Gasteiger partial charge is 0.462 e. The summed E-state index contributed by atoms with van der Waals surface area (Å²) in [5, 5.41) is 3.02. The topological polar surface area (TPSA) is 101 Å². The second kappa shape index (κ2) is 8.66. The molecule has 0 fully saturated rings. The normalized spacial score (nSPS) is 10.5. The van der Waals surface area contributed by atoms with Crippen LogP contribution in [0.3, 0.4) is 0 Å². The van der Waals surface area contributed by atoms with Gasteiger partial charge in [-0.15, -0.1) is 0 Å². The fourth-order valence-corrected chi connectivity index (χ4v) is 3.17. The molecule has 0 unspecified atom stereocenters. The van der Waals surface area contributed by atoms with E-state index in [2.05, 4.69) is 15.3 Å². The summed E-state index contributed by atoms with van der Waals surface area (Å²) < 4.78 is 5.01. The smallest absolute Gasteiger partial charge is 0.346 e. The van der Waals surface area contributed by atoms with Gasteiger partial charge in [0.1, 0.15) is 10.6 Å². The lowest BCUT2D eigenvalue weighted by Crippen LogP contribution is -2.21. The number of aromatic amines is 1. The third-order valence-corrected chi connectivity index (χ3v) is 4.55. The molecular weight excluding hydrogens is 354 g/mol. The van der Waals surface area contributed by atoms with Crippen molar-refractivity contribution >= 4 is 29.3 Å². The maximum Gasteiger partial charge on any atom is 0.346 e. The third kappa shape index (κ3) is 4.95. The maximum atomic E-state index is 12.3. The van der Waals surface area contributed by atoms with Gasteiger partial charge in [-0.05, 0) is 44.9 Å². The average Bonchev–Trinajstić information content (AvgIpc) is 2.56. The van der Waals surface area contributed by atoms with Crippen molar-refractivity contribution in [2.45, 2.75) is 32.7 Å². The zero-order valence-corrected chi connectivity index (χ0v) is 16.0. The molecule has 0 saturated heterocycles. The van der Waals surface area contributed by atoms with Crippen LogP contribution in [0.4, 0.5) is 5.69 Å². The molecule has 1 amide bonds. The van der Waals surface area contributed by atoms with Crippen LogP contribution in [0.25, 0.3) is 0 Å². The van der Waals surface area contributed by atoms with Crippen LogP contribution in [-0.2, 0) is 9.53 Å². The lowest BCUT2D eigenvalue weighted by Gasteiger charge is -2.11. The third-order valence-electron chi connectivity index (χ3n) is 3.57. The molecule has 1 heterocycles. The van der Waals surface area contributed by atoms with Gasteiger partial charge in [0.2, 0.25) is 5.91 Å². The Morgan fingerprint density at radius 1 is 1.27 bits per heavy atom. The van der Waals surface area contributed by atoms with Crippen LogP contribution in [0, 0.1) is 20.8 Å². The molecule has 8 heteroatoms. The van der Waals surface area contributed by atoms with Crippen LogP contribution in [0.5, 0.6) is 0 Å². The van der Waals surface area contributed by atoms with Gasteiger partial charge in [0.25, 0.3) is 0 Å². The number of hydrogen-bond donors (Lipinski definition) is 2. The van der Waals surface area contributed by atoms with E-state index < -0.39 is 11.7 Å². The molecule has 7 nitrogen and oxygen atoms in total. The Morgan fingerprint density at radius 2 is 2.00 bits per heavy atom. The van der Waals surface area contributed by atoms with E-state index in [0.717, 1.165) is 28.6 Å². The van der Waals surface area contributed by atoms with Crippen LogP contribution in [0.1, 0.15) is 34.1 Å². The second-order valence-corrected chi connectivity index (χ2v) is 6.69. The first-order valence-corrected chi connectivity index (χ1v) is 9.08. The number of H-pyrrole nitrogens is 1. The standard InChI is InChI=1S/C18H21N3O4S/c1-5-25-17(23)15-12(4)19-18(24)21-16(15)26-9-14(22)20-13-8-10(2)6-7-11(13)3/h6-8H,5,9H2,1-4H3,(H,20,22)(H,19,21,24). The lowest BCUT2D eigenvalue weighted by molar-refractivity contribution is -0.113. The first-order chi connectivity index (χ1) is 12.3. The molecular formula is C18H21N3O4S. The minimum absolute atomic E-state index is 0.00960. The average molecular weight is 375 g/mol. The fourth-order valence-electron chi connectivity index (χ4n) is 2.30. The van der Waals surface area contributed by atoms with Crippen LogP contribution in [0.2, 0.25) is 0 Å². The molecule has 138 valence electrons. The van der Waals surface area contributed by atoms with Crippen molar-refractivity contribution in [3.05, 3.63) is 51.1 Å². The van der Waals surface area contributed by atoms with E-state index in [1.807, 2.05) is 32.0 Å². The second-order valence-electron chi connectivity index (χ2n) is 5.72. The highest BCUT2D eigenvalue weighted by Gasteiger charge is 2.20. The van der Waals surface area contributed by atoms with Gasteiger partial charge in [0.05, 0.1) is 12.4 Å². The first-order valence-electron chi connectivity index (χ1n) is 8.09. The Hall–Kier alpha value is -2.61. The predicted octanol–water partition coefficient (Wildman–Crippen LogP) is 2.60. The van der Waals surface area contributed by atoms with E-state index in [1.54, 1.807) is 13.8 Å². The summed E-state index contributed by atoms with van der Waals surface area (Å²) in [5.41, 5.74) is 2.68. The molecule has 26 heavy (non-hydrogen) atoms. The molecule has 0 atom stereocenters. The minimum atomic E-state index is -0.578. The summed E-state index contributed by atoms with van der Waals surface area (Å²) in [6.07, 6.45) is 0. The number of esters is 1. The van der Waals surface area contributed by atoms with Gasteiger partial charge in [0.15, 0.2) is 0 Å². The summed E-state index contributed by atoms with van der Waals surface area (Å²) >= 11 is 1.02. The monoisotopic (exact) mass is 375 g/mol. The van der Waals surface area contributed by atoms with E-state index in [9.17, 15) is 14.4 Å². The summed E-state index contributed by atoms with van der Waals surface area (Å²) in [5.74, 6) is -0.820. The van der Waals surface area contributed by atoms with Gasteiger partial charge in [-0.1, -0.05) is 23.9 Å². The molecule has 2 rings (SSSR count). The number of anilines is 1. The molecule has 1 aromatic heterocycles. The summed E-state index contributed by atoms with van der Waals surface area (Å²) in [6, 6.07) is 5.78. The zero-order chi connectivity index (χ0) is 19.3. The van der Waals surface area contributed by atoms with Gasteiger partial charge in [-0.25, -0.2) is 9.59 Å². The molecule has 0 bridgehead atoms. The molecule has 0 spiro atoms. The van der Waals surface area contributed by atoms with Crippen LogP contribution >= 0.6 is 11.8 Å². The van der Waals surface area contributed by atoms with Crippen LogP contribution in [0.15, 0.2) is 28.0 Å². The number of aryl methyl sites for hydroxylation is 3. The van der Waals surface area contributed by atoms with E-state index in [4.69, 9.17) is 4.74 Å². The number of carbonyl (C=O) groups is 2. The molecule has 0 aliphatic heterocycles. The van der Waals surface area contributed by atoms with Gasteiger partial charge in [-0.2, -0.15) is 4.98 Å². The van der Waals surface area contributed by atoms with Crippen molar-refractivity contribution in [3.63, 3.8) is 0 Å². The summed E-state index contributed by atoms with van der Waals surface area (Å²) in [7, 11) is 0. The highest BCUT2D eigenvalue weighted by molar-refractivity contribution is 8.00. The number of amides is 1. The number of aromatic nitrogens is 2. The van der Waals surface area contributed by atoms with Gasteiger partial charge < -0.3 is 15.0 Å². The number of rotatable bonds is 6. The van der Waals surface area contributed by atoms with Crippen molar-refractivity contribution in [1.29, 1.82) is 0 Å². The van der Waals surface area contributed by atoms with E-state index in [-0.39, 0.29) is 28.9 Å². The fraction of sp³-hybridized carbons (Fsp3) is 0.333. The van der Waals surface area contributed by atoms with Gasteiger partial charge >= 0.3 is 11.7 Å². The number of nitrogens with zero attached hydrogens (tertiary/aromatic N) is 1. The maximum absolute atomic E-state index is 12.3. The molecule has 0 aliphatic carbocycles. The Balaban J connectivity index is 2.15. The summed E-state index contributed by atoms with van der Waals surface area (Å²) in [6.45, 7) is 7.34. The highest BCUT2D eigenvalue weighted by Crippen LogP contribution is 2.23. The quantitative estimate of drug-likeness (QED) is 0.457. The van der Waals surface area contributed by atoms with Crippen molar-refractivity contribution < 1.29 is 14.3 Å². The highest BCUT2D eigenvalue weighted by atomic mass is 32.2. The van der Waals surface area contributed by atoms with Gasteiger partial charge in [0, 0.05) is 11.4 Å². The molecule has 0 radical (unpaired) electrons. The zero-order valence-electron chi connectivity index (χ0n) is 15.1. The number of ether oxygens (including phenoxy) is 1. The Labute approximate surface area is 155 Å². The number of benzene rings is 1. The van der Waals surface area contributed by atoms with E-state index in [0.29, 0.717) is 5.69 Å². The molecule has 0 saturated carbocycles. The molecule has 2 N–H and O–H groups in total. The van der Waals surface area contributed by atoms with Crippen LogP contribution in [-0.4, -0.2) is 34.2 Å². The molecule has 1 aromatic carbocycles. The van der Waals surface area contributed by atoms with Crippen molar-refractivity contribution in [2.24, 2.45) is 0 Å². The predicted molar refractivity (Wildman–Crippen MR) is 101 cm³/mol.